The number of hydrogen-bond acceptors (Lipinski definition) is 5. The monoisotopic (exact) mass is 402 g/mol. The quantitative estimate of drug-likeness (QED) is 0.627. The number of sulfonamides is 1. The summed E-state index contributed by atoms with van der Waals surface area (Å²) in [5, 5.41) is 5.36. The smallest absolute Gasteiger partial charge is 0.238 e. The first-order chi connectivity index (χ1) is 13.3. The summed E-state index contributed by atoms with van der Waals surface area (Å²) >= 11 is 0. The maximum atomic E-state index is 14.3. The number of allylic oxidation sites excluding steroid dienone is 1. The predicted octanol–water partition coefficient (Wildman–Crippen LogP) is 4.09. The van der Waals surface area contributed by atoms with E-state index in [0.29, 0.717) is 17.1 Å². The van der Waals surface area contributed by atoms with Gasteiger partial charge in [-0.1, -0.05) is 25.1 Å². The Kier molecular flexibility index (Phi) is 5.35. The standard InChI is InChI=1S/C20H19FN2O4S/c1-4-12(2)20-23-18(13-9-10-16(26-3)15(21)11-13)19(27-20)14-7-5-6-8-17(14)28(22,24)25/h4-12H,1H2,2-3H3,(H2,22,24,25). The first-order valence-electron chi connectivity index (χ1n) is 8.35. The Bertz CT molecular complexity index is 1140. The molecule has 0 aliphatic heterocycles. The van der Waals surface area contributed by atoms with Gasteiger partial charge in [0.15, 0.2) is 17.3 Å². The lowest BCUT2D eigenvalue weighted by molar-refractivity contribution is 0.386. The zero-order chi connectivity index (χ0) is 20.5. The molecule has 28 heavy (non-hydrogen) atoms. The van der Waals surface area contributed by atoms with Gasteiger partial charge in [-0.05, 0) is 30.3 Å². The van der Waals surface area contributed by atoms with Gasteiger partial charge in [0, 0.05) is 11.1 Å². The highest BCUT2D eigenvalue weighted by atomic mass is 32.2. The predicted molar refractivity (Wildman–Crippen MR) is 104 cm³/mol. The number of oxazole rings is 1. The number of methoxy groups -OCH3 is 1. The van der Waals surface area contributed by atoms with E-state index in [2.05, 4.69) is 11.6 Å². The summed E-state index contributed by atoms with van der Waals surface area (Å²) in [6, 6.07) is 10.5. The van der Waals surface area contributed by atoms with Crippen LogP contribution in [0.3, 0.4) is 0 Å². The second-order valence-corrected chi connectivity index (χ2v) is 7.67. The van der Waals surface area contributed by atoms with Crippen molar-refractivity contribution in [1.29, 1.82) is 0 Å². The minimum Gasteiger partial charge on any atom is -0.494 e. The van der Waals surface area contributed by atoms with E-state index in [1.54, 1.807) is 30.3 Å². The number of nitrogens with zero attached hydrogens (tertiary/aromatic N) is 1. The van der Waals surface area contributed by atoms with Gasteiger partial charge in [-0.2, -0.15) is 0 Å². The van der Waals surface area contributed by atoms with Crippen molar-refractivity contribution >= 4 is 10.0 Å². The number of benzene rings is 2. The molecule has 0 aliphatic carbocycles. The third-order valence-electron chi connectivity index (χ3n) is 4.25. The Morgan fingerprint density at radius 1 is 1.29 bits per heavy atom. The molecule has 1 aromatic heterocycles. The number of hydrogen-bond donors (Lipinski definition) is 1. The third kappa shape index (κ3) is 3.69. The summed E-state index contributed by atoms with van der Waals surface area (Å²) in [4.78, 5) is 4.35. The number of halogens is 1. The zero-order valence-electron chi connectivity index (χ0n) is 15.3. The Labute approximate surface area is 162 Å². The molecule has 3 rings (SSSR count). The molecule has 0 spiro atoms. The second-order valence-electron chi connectivity index (χ2n) is 6.14. The van der Waals surface area contributed by atoms with Crippen LogP contribution in [0.5, 0.6) is 5.75 Å². The van der Waals surface area contributed by atoms with E-state index in [0.717, 1.165) is 0 Å². The molecule has 146 valence electrons. The van der Waals surface area contributed by atoms with Crippen LogP contribution in [-0.2, 0) is 10.0 Å². The molecule has 0 saturated carbocycles. The van der Waals surface area contributed by atoms with Crippen LogP contribution in [0.25, 0.3) is 22.6 Å². The van der Waals surface area contributed by atoms with E-state index < -0.39 is 15.8 Å². The Balaban J connectivity index is 2.29. The van der Waals surface area contributed by atoms with E-state index in [-0.39, 0.29) is 27.9 Å². The number of aromatic nitrogens is 1. The largest absolute Gasteiger partial charge is 0.494 e. The highest BCUT2D eigenvalue weighted by molar-refractivity contribution is 7.89. The van der Waals surface area contributed by atoms with Crippen molar-refractivity contribution in [2.75, 3.05) is 7.11 Å². The highest BCUT2D eigenvalue weighted by Gasteiger charge is 2.24. The van der Waals surface area contributed by atoms with Crippen LogP contribution < -0.4 is 9.88 Å². The van der Waals surface area contributed by atoms with Crippen molar-refractivity contribution in [3.8, 4) is 28.3 Å². The summed E-state index contributed by atoms with van der Waals surface area (Å²) in [5.41, 5.74) is 0.941. The average molecular weight is 402 g/mol. The first kappa shape index (κ1) is 19.8. The first-order valence-corrected chi connectivity index (χ1v) is 9.90. The Hall–Kier alpha value is -2.97. The Morgan fingerprint density at radius 2 is 2.00 bits per heavy atom. The molecule has 6 nitrogen and oxygen atoms in total. The molecule has 0 radical (unpaired) electrons. The zero-order valence-corrected chi connectivity index (χ0v) is 16.2. The molecule has 0 fully saturated rings. The van der Waals surface area contributed by atoms with Crippen molar-refractivity contribution in [3.63, 3.8) is 0 Å². The maximum absolute atomic E-state index is 14.3. The van der Waals surface area contributed by atoms with Crippen LogP contribution >= 0.6 is 0 Å². The van der Waals surface area contributed by atoms with Crippen LogP contribution in [0.15, 0.2) is 64.4 Å². The molecule has 2 N–H and O–H groups in total. The van der Waals surface area contributed by atoms with Crippen molar-refractivity contribution in [1.82, 2.24) is 4.98 Å². The van der Waals surface area contributed by atoms with E-state index in [9.17, 15) is 12.8 Å². The van der Waals surface area contributed by atoms with Gasteiger partial charge < -0.3 is 9.15 Å². The fraction of sp³-hybridized carbons (Fsp3) is 0.150. The van der Waals surface area contributed by atoms with Crippen LogP contribution in [0.1, 0.15) is 18.7 Å². The van der Waals surface area contributed by atoms with Crippen molar-refractivity contribution < 1.29 is 22.0 Å². The van der Waals surface area contributed by atoms with Gasteiger partial charge in [-0.3, -0.25) is 0 Å². The summed E-state index contributed by atoms with van der Waals surface area (Å²) in [5.74, 6) is -0.235. The lowest BCUT2D eigenvalue weighted by Crippen LogP contribution is -2.13. The van der Waals surface area contributed by atoms with Crippen molar-refractivity contribution in [2.45, 2.75) is 17.7 Å². The lowest BCUT2D eigenvalue weighted by Gasteiger charge is -2.08. The Morgan fingerprint density at radius 3 is 2.61 bits per heavy atom. The summed E-state index contributed by atoms with van der Waals surface area (Å²) in [6.45, 7) is 5.55. The number of nitrogens with two attached hydrogens (primary N) is 1. The number of ether oxygens (including phenoxy) is 1. The molecule has 8 heteroatoms. The number of primary sulfonamides is 1. The molecule has 3 aromatic rings. The van der Waals surface area contributed by atoms with Gasteiger partial charge in [-0.15, -0.1) is 6.58 Å². The molecular weight excluding hydrogens is 383 g/mol. The molecule has 2 aromatic carbocycles. The molecule has 1 heterocycles. The third-order valence-corrected chi connectivity index (χ3v) is 5.22. The fourth-order valence-corrected chi connectivity index (χ4v) is 3.46. The highest BCUT2D eigenvalue weighted by Crippen LogP contribution is 2.38. The molecular formula is C20H19FN2O4S. The van der Waals surface area contributed by atoms with Gasteiger partial charge in [0.05, 0.1) is 17.9 Å². The van der Waals surface area contributed by atoms with Crippen LogP contribution in [0, 0.1) is 5.82 Å². The summed E-state index contributed by atoms with van der Waals surface area (Å²) in [7, 11) is -2.65. The maximum Gasteiger partial charge on any atom is 0.238 e. The second kappa shape index (κ2) is 7.57. The van der Waals surface area contributed by atoms with Crippen LogP contribution in [-0.4, -0.2) is 20.5 Å². The minimum atomic E-state index is -4.02. The molecule has 0 bridgehead atoms. The van der Waals surface area contributed by atoms with E-state index >= 15 is 0 Å². The van der Waals surface area contributed by atoms with E-state index in [1.165, 1.54) is 25.3 Å². The van der Waals surface area contributed by atoms with Gasteiger partial charge >= 0.3 is 0 Å². The fourth-order valence-electron chi connectivity index (χ4n) is 2.73. The van der Waals surface area contributed by atoms with Crippen molar-refractivity contribution in [3.05, 3.63) is 66.8 Å². The summed E-state index contributed by atoms with van der Waals surface area (Å²) < 4.78 is 49.2. The molecule has 1 unspecified atom stereocenters. The molecule has 0 aliphatic rings. The van der Waals surface area contributed by atoms with Crippen molar-refractivity contribution in [2.24, 2.45) is 5.14 Å². The molecule has 0 amide bonds. The molecule has 0 saturated heterocycles. The van der Waals surface area contributed by atoms with E-state index in [4.69, 9.17) is 14.3 Å². The van der Waals surface area contributed by atoms with Crippen LogP contribution in [0.4, 0.5) is 4.39 Å². The lowest BCUT2D eigenvalue weighted by atomic mass is 10.1. The number of rotatable bonds is 6. The van der Waals surface area contributed by atoms with Gasteiger partial charge in [0.1, 0.15) is 5.69 Å². The normalized spacial score (nSPS) is 12.6. The molecule has 1 atom stereocenters. The summed E-state index contributed by atoms with van der Waals surface area (Å²) in [6.07, 6.45) is 1.64. The minimum absolute atomic E-state index is 0.0819. The van der Waals surface area contributed by atoms with E-state index in [1.807, 2.05) is 6.92 Å². The van der Waals surface area contributed by atoms with Gasteiger partial charge in [0.25, 0.3) is 0 Å². The SMILES string of the molecule is C=CC(C)c1nc(-c2ccc(OC)c(F)c2)c(-c2ccccc2S(N)(=O)=O)o1. The van der Waals surface area contributed by atoms with Gasteiger partial charge in [-0.25, -0.2) is 22.9 Å². The average Bonchev–Trinajstić information content (AvgIpc) is 3.12. The van der Waals surface area contributed by atoms with Crippen LogP contribution in [0.2, 0.25) is 0 Å². The topological polar surface area (TPSA) is 95.4 Å². The van der Waals surface area contributed by atoms with Gasteiger partial charge in [0.2, 0.25) is 15.9 Å².